The van der Waals surface area contributed by atoms with E-state index in [2.05, 4.69) is 20.3 Å². The van der Waals surface area contributed by atoms with Gasteiger partial charge in [-0.25, -0.2) is 9.97 Å². The quantitative estimate of drug-likeness (QED) is 0.446. The fourth-order valence-electron chi connectivity index (χ4n) is 2.28. The number of hydrogen-bond acceptors (Lipinski definition) is 9. The van der Waals surface area contributed by atoms with Crippen LogP contribution in [0.5, 0.6) is 10.9 Å². The van der Waals surface area contributed by atoms with Crippen molar-refractivity contribution in [3.63, 3.8) is 0 Å². The first-order chi connectivity index (χ1) is 12.6. The van der Waals surface area contributed by atoms with Gasteiger partial charge in [-0.3, -0.25) is 0 Å². The Morgan fingerprint density at radius 1 is 1.19 bits per heavy atom. The molecule has 3 aromatic rings. The van der Waals surface area contributed by atoms with Gasteiger partial charge in [0.25, 0.3) is 5.19 Å². The Balaban J connectivity index is 1.90. The molecule has 26 heavy (non-hydrogen) atoms. The molecule has 2 aromatic heterocycles. The molecule has 0 saturated carbocycles. The molecule has 0 bridgehead atoms. The maximum Gasteiger partial charge on any atom is 0.275 e. The predicted molar refractivity (Wildman–Crippen MR) is 104 cm³/mol. The summed E-state index contributed by atoms with van der Waals surface area (Å²) in [6.45, 7) is 1.89. The van der Waals surface area contributed by atoms with Gasteiger partial charge in [0.05, 0.1) is 20.8 Å². The number of ether oxygens (including phenoxy) is 2. The normalized spacial score (nSPS) is 12.2. The number of benzene rings is 1. The number of aromatic nitrogens is 3. The van der Waals surface area contributed by atoms with Gasteiger partial charge in [-0.2, -0.15) is 4.98 Å². The third kappa shape index (κ3) is 4.17. The van der Waals surface area contributed by atoms with Crippen LogP contribution in [0.4, 0.5) is 5.82 Å². The van der Waals surface area contributed by atoms with Gasteiger partial charge in [0, 0.05) is 17.4 Å². The second-order valence-electron chi connectivity index (χ2n) is 5.52. The molecule has 2 heterocycles. The van der Waals surface area contributed by atoms with Gasteiger partial charge in [0.1, 0.15) is 10.4 Å². The molecule has 7 nitrogen and oxygen atoms in total. The van der Waals surface area contributed by atoms with E-state index in [1.165, 1.54) is 23.1 Å². The molecule has 0 amide bonds. The topological polar surface area (TPSA) is 89.4 Å². The van der Waals surface area contributed by atoms with Crippen molar-refractivity contribution in [3.05, 3.63) is 29.8 Å². The third-order valence-electron chi connectivity index (χ3n) is 3.59. The summed E-state index contributed by atoms with van der Waals surface area (Å²) in [4.78, 5) is 13.5. The van der Waals surface area contributed by atoms with Crippen molar-refractivity contribution in [3.8, 4) is 10.9 Å². The van der Waals surface area contributed by atoms with Crippen LogP contribution in [-0.4, -0.2) is 46.9 Å². The molecular formula is C17H20N4O3S2. The molecule has 0 fully saturated rings. The van der Waals surface area contributed by atoms with Crippen molar-refractivity contribution >= 4 is 39.3 Å². The van der Waals surface area contributed by atoms with Crippen LogP contribution in [0.1, 0.15) is 12.5 Å². The number of nitrogens with zero attached hydrogens (tertiary/aromatic N) is 3. The lowest BCUT2D eigenvalue weighted by Crippen LogP contribution is -2.20. The van der Waals surface area contributed by atoms with Crippen LogP contribution in [-0.2, 0) is 5.75 Å². The first-order valence-electron chi connectivity index (χ1n) is 7.99. The zero-order valence-corrected chi connectivity index (χ0v) is 16.4. The molecule has 0 unspecified atom stereocenters. The highest BCUT2D eigenvalue weighted by Crippen LogP contribution is 2.34. The molecular weight excluding hydrogens is 372 g/mol. The Morgan fingerprint density at radius 2 is 2.00 bits per heavy atom. The van der Waals surface area contributed by atoms with Crippen LogP contribution >= 0.6 is 23.1 Å². The number of thioether (sulfide) groups is 1. The summed E-state index contributed by atoms with van der Waals surface area (Å²) < 4.78 is 11.4. The van der Waals surface area contributed by atoms with Crippen molar-refractivity contribution in [1.82, 2.24) is 15.0 Å². The van der Waals surface area contributed by atoms with E-state index in [1.807, 2.05) is 31.2 Å². The molecule has 0 aliphatic heterocycles. The van der Waals surface area contributed by atoms with E-state index in [9.17, 15) is 5.11 Å². The third-order valence-corrected chi connectivity index (χ3v) is 5.50. The van der Waals surface area contributed by atoms with Crippen molar-refractivity contribution < 1.29 is 14.6 Å². The van der Waals surface area contributed by atoms with Gasteiger partial charge in [0.15, 0.2) is 16.6 Å². The Kier molecular flexibility index (Phi) is 6.12. The molecule has 9 heteroatoms. The number of aliphatic hydroxyl groups is 1. The van der Waals surface area contributed by atoms with Crippen LogP contribution in [0.25, 0.3) is 10.3 Å². The summed E-state index contributed by atoms with van der Waals surface area (Å²) in [6.07, 6.45) is 0. The lowest BCUT2D eigenvalue weighted by atomic mass is 10.2. The van der Waals surface area contributed by atoms with E-state index in [4.69, 9.17) is 9.47 Å². The van der Waals surface area contributed by atoms with Crippen molar-refractivity contribution in [2.24, 2.45) is 0 Å². The zero-order chi connectivity index (χ0) is 18.5. The van der Waals surface area contributed by atoms with Crippen LogP contribution in [0.3, 0.4) is 0 Å². The minimum absolute atomic E-state index is 0.00508. The van der Waals surface area contributed by atoms with Gasteiger partial charge in [0.2, 0.25) is 0 Å². The fourth-order valence-corrected chi connectivity index (χ4v) is 3.88. The van der Waals surface area contributed by atoms with Gasteiger partial charge in [-0.15, -0.1) is 0 Å². The first kappa shape index (κ1) is 18.7. The second kappa shape index (κ2) is 8.52. The summed E-state index contributed by atoms with van der Waals surface area (Å²) in [7, 11) is 3.23. The van der Waals surface area contributed by atoms with Crippen LogP contribution < -0.4 is 14.8 Å². The van der Waals surface area contributed by atoms with E-state index in [-0.39, 0.29) is 12.6 Å². The molecule has 0 aliphatic carbocycles. The average molecular weight is 393 g/mol. The molecule has 0 aliphatic rings. The van der Waals surface area contributed by atoms with E-state index in [0.717, 1.165) is 16.0 Å². The SMILES string of the molecule is COc1nc2nc(SCc3ccccc3OC)nc(N[C@H](C)CO)c2s1. The highest BCUT2D eigenvalue weighted by molar-refractivity contribution is 7.98. The first-order valence-corrected chi connectivity index (χ1v) is 9.79. The molecule has 1 aromatic carbocycles. The summed E-state index contributed by atoms with van der Waals surface area (Å²) in [6, 6.07) is 7.73. The molecule has 2 N–H and O–H groups in total. The molecule has 0 radical (unpaired) electrons. The van der Waals surface area contributed by atoms with E-state index < -0.39 is 0 Å². The zero-order valence-electron chi connectivity index (χ0n) is 14.7. The molecule has 3 rings (SSSR count). The Labute approximate surface area is 159 Å². The lowest BCUT2D eigenvalue weighted by Gasteiger charge is -2.12. The average Bonchev–Trinajstić information content (AvgIpc) is 3.10. The Morgan fingerprint density at radius 3 is 2.73 bits per heavy atom. The molecule has 0 saturated heterocycles. The summed E-state index contributed by atoms with van der Waals surface area (Å²) in [5.41, 5.74) is 1.65. The van der Waals surface area contributed by atoms with E-state index >= 15 is 0 Å². The number of aliphatic hydroxyl groups excluding tert-OH is 1. The highest BCUT2D eigenvalue weighted by Gasteiger charge is 2.16. The van der Waals surface area contributed by atoms with E-state index in [0.29, 0.717) is 27.6 Å². The minimum Gasteiger partial charge on any atom is -0.496 e. The summed E-state index contributed by atoms with van der Waals surface area (Å²) >= 11 is 2.88. The monoisotopic (exact) mass is 392 g/mol. The number of rotatable bonds is 8. The number of nitrogens with one attached hydrogen (secondary N) is 1. The smallest absolute Gasteiger partial charge is 0.275 e. The number of methoxy groups -OCH3 is 2. The molecule has 138 valence electrons. The maximum atomic E-state index is 9.34. The number of anilines is 1. The van der Waals surface area contributed by atoms with Gasteiger partial charge in [-0.1, -0.05) is 41.3 Å². The predicted octanol–water partition coefficient (Wildman–Crippen LogP) is 3.19. The van der Waals surface area contributed by atoms with E-state index in [1.54, 1.807) is 14.2 Å². The lowest BCUT2D eigenvalue weighted by molar-refractivity contribution is 0.281. The molecule has 0 spiro atoms. The second-order valence-corrected chi connectivity index (χ2v) is 7.42. The Hall–Kier alpha value is -2.10. The van der Waals surface area contributed by atoms with Crippen molar-refractivity contribution in [2.45, 2.75) is 23.9 Å². The number of para-hydroxylation sites is 1. The minimum atomic E-state index is -0.131. The number of hydrogen-bond donors (Lipinski definition) is 2. The van der Waals surface area contributed by atoms with Crippen LogP contribution in [0, 0.1) is 0 Å². The van der Waals surface area contributed by atoms with Crippen LogP contribution in [0.2, 0.25) is 0 Å². The van der Waals surface area contributed by atoms with Gasteiger partial charge >= 0.3 is 0 Å². The molecule has 1 atom stereocenters. The fraction of sp³-hybridized carbons (Fsp3) is 0.353. The number of fused-ring (bicyclic) bond motifs is 1. The highest BCUT2D eigenvalue weighted by atomic mass is 32.2. The summed E-state index contributed by atoms with van der Waals surface area (Å²) in [5, 5.41) is 13.7. The van der Waals surface area contributed by atoms with Crippen LogP contribution in [0.15, 0.2) is 29.4 Å². The van der Waals surface area contributed by atoms with Gasteiger partial charge in [-0.05, 0) is 13.0 Å². The van der Waals surface area contributed by atoms with Gasteiger partial charge < -0.3 is 19.9 Å². The van der Waals surface area contributed by atoms with Crippen molar-refractivity contribution in [1.29, 1.82) is 0 Å². The largest absolute Gasteiger partial charge is 0.496 e. The Bertz CT molecular complexity index is 888. The van der Waals surface area contributed by atoms with Crippen molar-refractivity contribution in [2.75, 3.05) is 26.1 Å². The maximum absolute atomic E-state index is 9.34. The standard InChI is InChI=1S/C17H20N4O3S2/c1-10(8-22)18-14-13-15(21-17(24-3)26-13)20-16(19-14)25-9-11-6-4-5-7-12(11)23-2/h4-7,10,22H,8-9H2,1-3H3,(H,18,19,20)/t10-/m1/s1. The number of thiazole rings is 1. The summed E-state index contributed by atoms with van der Waals surface area (Å²) in [5.74, 6) is 2.16.